The normalized spacial score (nSPS) is 16.0. The van der Waals surface area contributed by atoms with Crippen molar-refractivity contribution in [1.82, 2.24) is 4.98 Å². The summed E-state index contributed by atoms with van der Waals surface area (Å²) in [6.45, 7) is 0.765. The SMILES string of the molecule is O=c1[nH]ccc2cc(OCCCCC3CCCCC3)ccc12. The quantitative estimate of drug-likeness (QED) is 0.788. The average molecular weight is 299 g/mol. The van der Waals surface area contributed by atoms with E-state index in [1.165, 1.54) is 44.9 Å². The Morgan fingerprint density at radius 2 is 1.95 bits per heavy atom. The molecule has 0 amide bonds. The molecule has 0 bridgehead atoms. The van der Waals surface area contributed by atoms with Gasteiger partial charge in [-0.15, -0.1) is 0 Å². The zero-order chi connectivity index (χ0) is 15.2. The molecule has 118 valence electrons. The van der Waals surface area contributed by atoms with Crippen molar-refractivity contribution in [3.05, 3.63) is 40.8 Å². The van der Waals surface area contributed by atoms with Gasteiger partial charge in [-0.2, -0.15) is 0 Å². The molecule has 1 fully saturated rings. The van der Waals surface area contributed by atoms with Crippen LogP contribution in [0.5, 0.6) is 5.75 Å². The largest absolute Gasteiger partial charge is 0.494 e. The lowest BCUT2D eigenvalue weighted by Gasteiger charge is -2.21. The average Bonchev–Trinajstić information content (AvgIpc) is 2.56. The van der Waals surface area contributed by atoms with E-state index >= 15 is 0 Å². The first-order valence-electron chi connectivity index (χ1n) is 8.57. The summed E-state index contributed by atoms with van der Waals surface area (Å²) in [6, 6.07) is 7.59. The molecule has 1 N–H and O–H groups in total. The molecule has 1 aliphatic rings. The number of fused-ring (bicyclic) bond motifs is 1. The third-order valence-corrected chi connectivity index (χ3v) is 4.75. The monoisotopic (exact) mass is 299 g/mol. The molecule has 0 saturated heterocycles. The molecule has 0 radical (unpaired) electrons. The molecule has 22 heavy (non-hydrogen) atoms. The van der Waals surface area contributed by atoms with Crippen molar-refractivity contribution < 1.29 is 4.74 Å². The van der Waals surface area contributed by atoms with E-state index < -0.39 is 0 Å². The van der Waals surface area contributed by atoms with Crippen LogP contribution in [0.2, 0.25) is 0 Å². The number of aromatic nitrogens is 1. The molecule has 1 aliphatic carbocycles. The van der Waals surface area contributed by atoms with E-state index in [1.54, 1.807) is 6.20 Å². The highest BCUT2D eigenvalue weighted by Crippen LogP contribution is 2.27. The Bertz CT molecular complexity index is 656. The van der Waals surface area contributed by atoms with Crippen molar-refractivity contribution in [3.63, 3.8) is 0 Å². The molecule has 0 unspecified atom stereocenters. The summed E-state index contributed by atoms with van der Waals surface area (Å²) in [7, 11) is 0. The molecule has 3 heteroatoms. The van der Waals surface area contributed by atoms with Crippen LogP contribution in [-0.2, 0) is 0 Å². The van der Waals surface area contributed by atoms with Gasteiger partial charge in [-0.1, -0.05) is 38.5 Å². The molecule has 3 rings (SSSR count). The van der Waals surface area contributed by atoms with Crippen molar-refractivity contribution in [2.24, 2.45) is 5.92 Å². The first kappa shape index (κ1) is 15.1. The summed E-state index contributed by atoms with van der Waals surface area (Å²) < 4.78 is 5.83. The molecule has 1 aromatic heterocycles. The number of unbranched alkanes of at least 4 members (excludes halogenated alkanes) is 1. The minimum absolute atomic E-state index is 0.0449. The molecular formula is C19H25NO2. The molecule has 0 atom stereocenters. The first-order chi connectivity index (χ1) is 10.8. The second-order valence-electron chi connectivity index (χ2n) is 6.40. The number of hydrogen-bond donors (Lipinski definition) is 1. The highest BCUT2D eigenvalue weighted by molar-refractivity contribution is 5.82. The van der Waals surface area contributed by atoms with Gasteiger partial charge < -0.3 is 9.72 Å². The van der Waals surface area contributed by atoms with Crippen LogP contribution in [0.15, 0.2) is 35.3 Å². The highest BCUT2D eigenvalue weighted by atomic mass is 16.5. The Morgan fingerprint density at radius 1 is 1.09 bits per heavy atom. The maximum Gasteiger partial charge on any atom is 0.255 e. The van der Waals surface area contributed by atoms with E-state index in [1.807, 2.05) is 24.3 Å². The second-order valence-corrected chi connectivity index (χ2v) is 6.40. The Hall–Kier alpha value is -1.77. The van der Waals surface area contributed by atoms with Gasteiger partial charge in [0.2, 0.25) is 0 Å². The minimum Gasteiger partial charge on any atom is -0.494 e. The first-order valence-corrected chi connectivity index (χ1v) is 8.57. The number of hydrogen-bond acceptors (Lipinski definition) is 2. The number of ether oxygens (including phenoxy) is 1. The fourth-order valence-corrected chi connectivity index (χ4v) is 3.46. The van der Waals surface area contributed by atoms with Gasteiger partial charge in [0.25, 0.3) is 5.56 Å². The maximum absolute atomic E-state index is 11.6. The fraction of sp³-hybridized carbons (Fsp3) is 0.526. The number of H-pyrrole nitrogens is 1. The Morgan fingerprint density at radius 3 is 2.82 bits per heavy atom. The smallest absolute Gasteiger partial charge is 0.255 e. The van der Waals surface area contributed by atoms with Crippen LogP contribution in [0.3, 0.4) is 0 Å². The van der Waals surface area contributed by atoms with E-state index in [0.29, 0.717) is 5.39 Å². The molecule has 0 aliphatic heterocycles. The summed E-state index contributed by atoms with van der Waals surface area (Å²) >= 11 is 0. The highest BCUT2D eigenvalue weighted by Gasteiger charge is 2.12. The van der Waals surface area contributed by atoms with E-state index in [2.05, 4.69) is 4.98 Å². The fourth-order valence-electron chi connectivity index (χ4n) is 3.46. The summed E-state index contributed by atoms with van der Waals surface area (Å²) in [5.74, 6) is 1.82. The topological polar surface area (TPSA) is 42.1 Å². The Balaban J connectivity index is 1.44. The van der Waals surface area contributed by atoms with Gasteiger partial charge in [0.05, 0.1) is 6.61 Å². The molecule has 2 aromatic rings. The summed E-state index contributed by atoms with van der Waals surface area (Å²) in [5.41, 5.74) is -0.0449. The molecule has 1 saturated carbocycles. The van der Waals surface area contributed by atoms with Gasteiger partial charge in [0.1, 0.15) is 5.75 Å². The van der Waals surface area contributed by atoms with Gasteiger partial charge in [0.15, 0.2) is 0 Å². The van der Waals surface area contributed by atoms with Crippen LogP contribution in [-0.4, -0.2) is 11.6 Å². The van der Waals surface area contributed by atoms with Crippen molar-refractivity contribution in [2.45, 2.75) is 51.4 Å². The third kappa shape index (κ3) is 3.90. The predicted octanol–water partition coefficient (Wildman–Crippen LogP) is 4.66. The van der Waals surface area contributed by atoms with Gasteiger partial charge >= 0.3 is 0 Å². The van der Waals surface area contributed by atoms with Gasteiger partial charge in [0, 0.05) is 11.6 Å². The van der Waals surface area contributed by atoms with E-state index in [0.717, 1.165) is 30.1 Å². The number of aromatic amines is 1. The van der Waals surface area contributed by atoms with Crippen LogP contribution in [0, 0.1) is 5.92 Å². The maximum atomic E-state index is 11.6. The van der Waals surface area contributed by atoms with E-state index in [4.69, 9.17) is 4.74 Å². The van der Waals surface area contributed by atoms with Gasteiger partial charge in [-0.25, -0.2) is 0 Å². The van der Waals surface area contributed by atoms with Crippen molar-refractivity contribution in [2.75, 3.05) is 6.61 Å². The second kappa shape index (κ2) is 7.48. The lowest BCUT2D eigenvalue weighted by molar-refractivity contribution is 0.284. The predicted molar refractivity (Wildman–Crippen MR) is 90.5 cm³/mol. The lowest BCUT2D eigenvalue weighted by atomic mass is 9.86. The van der Waals surface area contributed by atoms with Crippen molar-refractivity contribution >= 4 is 10.8 Å². The van der Waals surface area contributed by atoms with Crippen LogP contribution in [0.1, 0.15) is 51.4 Å². The minimum atomic E-state index is -0.0449. The number of rotatable bonds is 6. The lowest BCUT2D eigenvalue weighted by Crippen LogP contribution is -2.07. The van der Waals surface area contributed by atoms with Gasteiger partial charge in [-0.3, -0.25) is 4.79 Å². The molecule has 1 aromatic carbocycles. The van der Waals surface area contributed by atoms with Crippen LogP contribution in [0.4, 0.5) is 0 Å². The summed E-state index contributed by atoms with van der Waals surface area (Å²) in [4.78, 5) is 14.3. The molecule has 3 nitrogen and oxygen atoms in total. The zero-order valence-electron chi connectivity index (χ0n) is 13.1. The van der Waals surface area contributed by atoms with Crippen LogP contribution < -0.4 is 10.3 Å². The number of pyridine rings is 1. The van der Waals surface area contributed by atoms with Gasteiger partial charge in [-0.05, 0) is 48.4 Å². The van der Waals surface area contributed by atoms with Crippen molar-refractivity contribution in [1.29, 1.82) is 0 Å². The molecule has 0 spiro atoms. The van der Waals surface area contributed by atoms with Crippen molar-refractivity contribution in [3.8, 4) is 5.75 Å². The standard InChI is InChI=1S/C19H25NO2/c21-19-18-10-9-17(14-16(18)11-12-20-19)22-13-5-4-8-15-6-2-1-3-7-15/h9-12,14-15H,1-8,13H2,(H,20,21). The number of benzene rings is 1. The van der Waals surface area contributed by atoms with E-state index in [-0.39, 0.29) is 5.56 Å². The third-order valence-electron chi connectivity index (χ3n) is 4.75. The zero-order valence-corrected chi connectivity index (χ0v) is 13.1. The Labute approximate surface area is 131 Å². The summed E-state index contributed by atoms with van der Waals surface area (Å²) in [6.07, 6.45) is 12.6. The van der Waals surface area contributed by atoms with Crippen LogP contribution in [0.25, 0.3) is 10.8 Å². The van der Waals surface area contributed by atoms with Crippen LogP contribution >= 0.6 is 0 Å². The van der Waals surface area contributed by atoms with E-state index in [9.17, 15) is 4.79 Å². The summed E-state index contributed by atoms with van der Waals surface area (Å²) in [5, 5.41) is 1.65. The Kier molecular flexibility index (Phi) is 5.15. The molecule has 1 heterocycles. The molecular weight excluding hydrogens is 274 g/mol. The number of nitrogens with one attached hydrogen (secondary N) is 1.